The summed E-state index contributed by atoms with van der Waals surface area (Å²) in [6, 6.07) is 37.2. The van der Waals surface area contributed by atoms with Crippen molar-refractivity contribution in [3.8, 4) is 44.9 Å². The van der Waals surface area contributed by atoms with Gasteiger partial charge in [-0.2, -0.15) is 0 Å². The number of hydrogen-bond acceptors (Lipinski definition) is 3. The monoisotopic (exact) mass is 612 g/mol. The number of phosphoric ester groups is 1. The first kappa shape index (κ1) is 29.3. The van der Waals surface area contributed by atoms with Gasteiger partial charge in [0.05, 0.1) is 0 Å². The lowest BCUT2D eigenvalue weighted by Crippen LogP contribution is -2.00. The van der Waals surface area contributed by atoms with Gasteiger partial charge in [0.2, 0.25) is 0 Å². The SMILES string of the molecule is CC(C)Cc1ccc(-c2cc3ccccc3c3c2OP(=O)(O)Oc2c(-c4ccc(CC(C)C)cc4)cc4ccccc4c2-3)cc1. The van der Waals surface area contributed by atoms with Gasteiger partial charge in [0.15, 0.2) is 0 Å². The topological polar surface area (TPSA) is 55.8 Å². The molecule has 6 aromatic carbocycles. The van der Waals surface area contributed by atoms with E-state index in [1.54, 1.807) is 0 Å². The second kappa shape index (κ2) is 11.5. The number of benzene rings is 6. The molecule has 0 bridgehead atoms. The molecular formula is C40H37O4P. The van der Waals surface area contributed by atoms with E-state index in [2.05, 4.69) is 100 Å². The third-order valence-corrected chi connectivity index (χ3v) is 9.31. The molecule has 0 aliphatic carbocycles. The maximum atomic E-state index is 13.9. The molecular weight excluding hydrogens is 575 g/mol. The van der Waals surface area contributed by atoms with Gasteiger partial charge >= 0.3 is 7.82 Å². The quantitative estimate of drug-likeness (QED) is 0.190. The lowest BCUT2D eigenvalue weighted by Gasteiger charge is -2.19. The molecule has 0 aromatic heterocycles. The molecule has 1 aliphatic rings. The van der Waals surface area contributed by atoms with Gasteiger partial charge in [-0.25, -0.2) is 4.57 Å². The highest BCUT2D eigenvalue weighted by Gasteiger charge is 2.37. The highest BCUT2D eigenvalue weighted by molar-refractivity contribution is 7.48. The lowest BCUT2D eigenvalue weighted by atomic mass is 9.86. The van der Waals surface area contributed by atoms with Crippen molar-refractivity contribution in [1.29, 1.82) is 0 Å². The highest BCUT2D eigenvalue weighted by atomic mass is 31.2. The van der Waals surface area contributed by atoms with E-state index in [0.717, 1.165) is 67.8 Å². The fourth-order valence-corrected chi connectivity index (χ4v) is 7.48. The van der Waals surface area contributed by atoms with Crippen LogP contribution in [0.2, 0.25) is 0 Å². The van der Waals surface area contributed by atoms with Gasteiger partial charge in [0, 0.05) is 22.3 Å². The molecule has 1 heterocycles. The Kier molecular flexibility index (Phi) is 7.52. The van der Waals surface area contributed by atoms with Crippen molar-refractivity contribution in [2.45, 2.75) is 40.5 Å². The molecule has 226 valence electrons. The normalized spacial score (nSPS) is 13.8. The first-order valence-corrected chi connectivity index (χ1v) is 17.2. The summed E-state index contributed by atoms with van der Waals surface area (Å²) in [5.41, 5.74) is 7.33. The van der Waals surface area contributed by atoms with Crippen molar-refractivity contribution >= 4 is 29.4 Å². The molecule has 45 heavy (non-hydrogen) atoms. The summed E-state index contributed by atoms with van der Waals surface area (Å²) in [5, 5.41) is 3.87. The fraction of sp³-hybridized carbons (Fsp3) is 0.200. The van der Waals surface area contributed by atoms with Crippen molar-refractivity contribution in [3.05, 3.63) is 120 Å². The minimum absolute atomic E-state index is 0.351. The van der Waals surface area contributed by atoms with Crippen LogP contribution in [0.15, 0.2) is 109 Å². The highest BCUT2D eigenvalue weighted by Crippen LogP contribution is 2.61. The number of fused-ring (bicyclic) bond motifs is 7. The molecule has 0 fully saturated rings. The van der Waals surface area contributed by atoms with Gasteiger partial charge in [-0.3, -0.25) is 4.89 Å². The van der Waals surface area contributed by atoms with E-state index >= 15 is 0 Å². The molecule has 0 radical (unpaired) electrons. The van der Waals surface area contributed by atoms with Crippen LogP contribution in [0.1, 0.15) is 38.8 Å². The predicted octanol–water partition coefficient (Wildman–Crippen LogP) is 11.3. The molecule has 0 amide bonds. The largest absolute Gasteiger partial charge is 0.584 e. The maximum absolute atomic E-state index is 13.9. The molecule has 1 N–H and O–H groups in total. The van der Waals surface area contributed by atoms with Crippen LogP contribution >= 0.6 is 7.82 Å². The zero-order valence-electron chi connectivity index (χ0n) is 26.1. The standard InChI is InChI=1S/C40H37O4P/c1-25(2)21-27-13-17-29(18-14-27)35-23-31-9-5-7-11-33(31)37-38-34-12-8-6-10-32(34)24-36(40(38)44-45(41,42)43-39(35)37)30-19-15-28(16-20-30)22-26(3)4/h5-20,23-26H,21-22H2,1-4H3,(H,41,42). The Morgan fingerprint density at radius 2 is 0.956 bits per heavy atom. The summed E-state index contributed by atoms with van der Waals surface area (Å²) in [5.74, 6) is 1.78. The number of hydrogen-bond donors (Lipinski definition) is 1. The molecule has 0 spiro atoms. The average Bonchev–Trinajstić information content (AvgIpc) is 3.14. The summed E-state index contributed by atoms with van der Waals surface area (Å²) < 4.78 is 26.1. The van der Waals surface area contributed by atoms with Crippen LogP contribution in [0.3, 0.4) is 0 Å². The summed E-state index contributed by atoms with van der Waals surface area (Å²) in [7, 11) is -4.60. The molecule has 4 nitrogen and oxygen atoms in total. The van der Waals surface area contributed by atoms with E-state index in [-0.39, 0.29) is 0 Å². The molecule has 0 unspecified atom stereocenters. The van der Waals surface area contributed by atoms with Crippen molar-refractivity contribution in [2.75, 3.05) is 0 Å². The van der Waals surface area contributed by atoms with Crippen molar-refractivity contribution in [1.82, 2.24) is 0 Å². The molecule has 0 atom stereocenters. The lowest BCUT2D eigenvalue weighted by molar-refractivity contribution is 0.295. The van der Waals surface area contributed by atoms with Crippen LogP contribution in [0.4, 0.5) is 0 Å². The van der Waals surface area contributed by atoms with E-state index in [9.17, 15) is 9.46 Å². The zero-order valence-corrected chi connectivity index (χ0v) is 27.0. The van der Waals surface area contributed by atoms with E-state index in [1.165, 1.54) is 11.1 Å². The van der Waals surface area contributed by atoms with E-state index in [1.807, 2.05) is 36.4 Å². The molecule has 7 rings (SSSR count). The van der Waals surface area contributed by atoms with Gasteiger partial charge in [-0.05, 0) is 80.6 Å². The Bertz CT molecular complexity index is 1940. The summed E-state index contributed by atoms with van der Waals surface area (Å²) in [6.07, 6.45) is 1.96. The minimum atomic E-state index is -4.60. The van der Waals surface area contributed by atoms with Gasteiger partial charge in [0.25, 0.3) is 0 Å². The first-order chi connectivity index (χ1) is 21.7. The molecule has 0 saturated carbocycles. The Balaban J connectivity index is 1.55. The van der Waals surface area contributed by atoms with Crippen molar-refractivity contribution in [2.24, 2.45) is 11.8 Å². The summed E-state index contributed by atoms with van der Waals surface area (Å²) in [4.78, 5) is 11.3. The number of phosphoric acid groups is 1. The second-order valence-corrected chi connectivity index (χ2v) is 14.2. The minimum Gasteiger partial charge on any atom is -0.394 e. The third-order valence-electron chi connectivity index (χ3n) is 8.48. The Hall–Kier alpha value is -4.37. The fourth-order valence-electron chi connectivity index (χ4n) is 6.60. The second-order valence-electron chi connectivity index (χ2n) is 12.9. The van der Waals surface area contributed by atoms with Gasteiger partial charge in [-0.1, -0.05) is 125 Å². The van der Waals surface area contributed by atoms with Crippen LogP contribution in [0.25, 0.3) is 54.9 Å². The van der Waals surface area contributed by atoms with Crippen LogP contribution in [-0.2, 0) is 17.4 Å². The van der Waals surface area contributed by atoms with Crippen LogP contribution in [0, 0.1) is 11.8 Å². The van der Waals surface area contributed by atoms with Crippen molar-refractivity contribution < 1.29 is 18.5 Å². The van der Waals surface area contributed by atoms with Crippen LogP contribution < -0.4 is 9.05 Å². The Labute approximate surface area is 264 Å². The summed E-state index contributed by atoms with van der Waals surface area (Å²) in [6.45, 7) is 8.83. The first-order valence-electron chi connectivity index (χ1n) is 15.7. The van der Waals surface area contributed by atoms with E-state index < -0.39 is 7.82 Å². The van der Waals surface area contributed by atoms with Crippen LogP contribution in [-0.4, -0.2) is 4.89 Å². The van der Waals surface area contributed by atoms with Gasteiger partial charge < -0.3 is 9.05 Å². The molecule has 6 aromatic rings. The van der Waals surface area contributed by atoms with Crippen molar-refractivity contribution in [3.63, 3.8) is 0 Å². The Morgan fingerprint density at radius 3 is 1.33 bits per heavy atom. The van der Waals surface area contributed by atoms with E-state index in [4.69, 9.17) is 9.05 Å². The van der Waals surface area contributed by atoms with E-state index in [0.29, 0.717) is 23.3 Å². The molecule has 5 heteroatoms. The van der Waals surface area contributed by atoms with Gasteiger partial charge in [0.1, 0.15) is 11.5 Å². The average molecular weight is 613 g/mol. The maximum Gasteiger partial charge on any atom is 0.584 e. The number of rotatable bonds is 6. The third kappa shape index (κ3) is 5.65. The van der Waals surface area contributed by atoms with Gasteiger partial charge in [-0.15, -0.1) is 0 Å². The zero-order chi connectivity index (χ0) is 31.3. The van der Waals surface area contributed by atoms with Crippen LogP contribution in [0.5, 0.6) is 11.5 Å². The summed E-state index contributed by atoms with van der Waals surface area (Å²) >= 11 is 0. The molecule has 0 saturated heterocycles. The predicted molar refractivity (Wildman–Crippen MR) is 186 cm³/mol. The Morgan fingerprint density at radius 1 is 0.578 bits per heavy atom. The molecule has 1 aliphatic heterocycles. The smallest absolute Gasteiger partial charge is 0.394 e.